The smallest absolute Gasteiger partial charge is 0.131 e. The standard InChI is InChI=1S/C15H19BrClN3O/c1-4-20-13(15(16)10(3)19-20)8-21-14-6-5-11(17)7-12(14)9(2)18/h5-7,9H,4,8,18H2,1-3H3/t9-/m0/s1. The summed E-state index contributed by atoms with van der Waals surface area (Å²) in [6.45, 7) is 7.16. The Kier molecular flexibility index (Phi) is 5.30. The third kappa shape index (κ3) is 3.59. The molecule has 0 aliphatic heterocycles. The molecule has 4 nitrogen and oxygen atoms in total. The van der Waals surface area contributed by atoms with Gasteiger partial charge in [0, 0.05) is 23.2 Å². The van der Waals surface area contributed by atoms with Crippen LogP contribution >= 0.6 is 27.5 Å². The van der Waals surface area contributed by atoms with Crippen LogP contribution in [0.4, 0.5) is 0 Å². The van der Waals surface area contributed by atoms with Crippen LogP contribution in [0.3, 0.4) is 0 Å². The minimum atomic E-state index is -0.139. The van der Waals surface area contributed by atoms with Crippen molar-refractivity contribution < 1.29 is 4.74 Å². The molecule has 0 bridgehead atoms. The maximum atomic E-state index is 6.02. The molecule has 0 saturated carbocycles. The van der Waals surface area contributed by atoms with E-state index in [1.165, 1.54) is 0 Å². The average molecular weight is 373 g/mol. The lowest BCUT2D eigenvalue weighted by Crippen LogP contribution is -2.10. The minimum absolute atomic E-state index is 0.139. The lowest BCUT2D eigenvalue weighted by molar-refractivity contribution is 0.287. The Bertz CT molecular complexity index is 640. The van der Waals surface area contributed by atoms with Crippen LogP contribution in [0.25, 0.3) is 0 Å². The van der Waals surface area contributed by atoms with E-state index in [9.17, 15) is 0 Å². The first-order valence-corrected chi connectivity index (χ1v) is 8.00. The number of benzene rings is 1. The van der Waals surface area contributed by atoms with E-state index in [1.54, 1.807) is 6.07 Å². The summed E-state index contributed by atoms with van der Waals surface area (Å²) in [6, 6.07) is 5.37. The molecule has 0 saturated heterocycles. The summed E-state index contributed by atoms with van der Waals surface area (Å²) in [6.07, 6.45) is 0. The number of aryl methyl sites for hydroxylation is 2. The highest BCUT2D eigenvalue weighted by molar-refractivity contribution is 9.10. The fourth-order valence-electron chi connectivity index (χ4n) is 2.16. The molecular weight excluding hydrogens is 354 g/mol. The van der Waals surface area contributed by atoms with Gasteiger partial charge in [-0.05, 0) is 54.9 Å². The molecule has 1 aromatic heterocycles. The molecule has 2 aromatic rings. The van der Waals surface area contributed by atoms with Gasteiger partial charge in [-0.2, -0.15) is 5.10 Å². The Morgan fingerprint density at radius 3 is 2.81 bits per heavy atom. The highest BCUT2D eigenvalue weighted by Gasteiger charge is 2.14. The largest absolute Gasteiger partial charge is 0.487 e. The highest BCUT2D eigenvalue weighted by Crippen LogP contribution is 2.29. The Balaban J connectivity index is 2.25. The SMILES string of the molecule is CCn1nc(C)c(Br)c1COc1ccc(Cl)cc1[C@H](C)N. The summed E-state index contributed by atoms with van der Waals surface area (Å²) in [5.74, 6) is 0.753. The molecule has 2 N–H and O–H groups in total. The van der Waals surface area contributed by atoms with Crippen LogP contribution in [-0.2, 0) is 13.2 Å². The van der Waals surface area contributed by atoms with Gasteiger partial charge in [0.05, 0.1) is 15.9 Å². The summed E-state index contributed by atoms with van der Waals surface area (Å²) in [4.78, 5) is 0. The molecule has 0 aliphatic rings. The summed E-state index contributed by atoms with van der Waals surface area (Å²) >= 11 is 9.59. The molecule has 0 amide bonds. The molecule has 0 spiro atoms. The monoisotopic (exact) mass is 371 g/mol. The first-order valence-electron chi connectivity index (χ1n) is 6.83. The van der Waals surface area contributed by atoms with E-state index in [4.69, 9.17) is 22.1 Å². The van der Waals surface area contributed by atoms with Crippen LogP contribution < -0.4 is 10.5 Å². The van der Waals surface area contributed by atoms with Crippen LogP contribution in [0.5, 0.6) is 5.75 Å². The van der Waals surface area contributed by atoms with Gasteiger partial charge in [-0.3, -0.25) is 4.68 Å². The lowest BCUT2D eigenvalue weighted by Gasteiger charge is -2.15. The van der Waals surface area contributed by atoms with Gasteiger partial charge in [0.2, 0.25) is 0 Å². The number of aromatic nitrogens is 2. The van der Waals surface area contributed by atoms with Gasteiger partial charge in [0.1, 0.15) is 12.4 Å². The van der Waals surface area contributed by atoms with E-state index in [0.717, 1.165) is 33.7 Å². The molecule has 2 rings (SSSR count). The van der Waals surface area contributed by atoms with E-state index < -0.39 is 0 Å². The van der Waals surface area contributed by atoms with Crippen molar-refractivity contribution in [1.82, 2.24) is 9.78 Å². The zero-order valence-corrected chi connectivity index (χ0v) is 14.7. The van der Waals surface area contributed by atoms with E-state index in [2.05, 4.69) is 28.0 Å². The van der Waals surface area contributed by atoms with E-state index in [1.807, 2.05) is 30.7 Å². The lowest BCUT2D eigenvalue weighted by atomic mass is 10.1. The van der Waals surface area contributed by atoms with Crippen molar-refractivity contribution >= 4 is 27.5 Å². The molecule has 1 atom stereocenters. The fraction of sp³-hybridized carbons (Fsp3) is 0.400. The molecule has 0 unspecified atom stereocenters. The first kappa shape index (κ1) is 16.3. The second-order valence-corrected chi connectivity index (χ2v) is 6.15. The number of halogens is 2. The predicted molar refractivity (Wildman–Crippen MR) is 88.7 cm³/mol. The summed E-state index contributed by atoms with van der Waals surface area (Å²) in [5.41, 5.74) is 8.85. The van der Waals surface area contributed by atoms with Crippen LogP contribution in [0.2, 0.25) is 5.02 Å². The number of nitrogens with zero attached hydrogens (tertiary/aromatic N) is 2. The van der Waals surface area contributed by atoms with E-state index >= 15 is 0 Å². The van der Waals surface area contributed by atoms with Gasteiger partial charge in [-0.15, -0.1) is 0 Å². The first-order chi connectivity index (χ1) is 9.93. The fourth-order valence-corrected chi connectivity index (χ4v) is 2.74. The van der Waals surface area contributed by atoms with Crippen molar-refractivity contribution in [2.24, 2.45) is 5.73 Å². The van der Waals surface area contributed by atoms with Gasteiger partial charge < -0.3 is 10.5 Å². The predicted octanol–water partition coefficient (Wildman–Crippen LogP) is 4.23. The Morgan fingerprint density at radius 2 is 2.19 bits per heavy atom. The molecule has 1 heterocycles. The summed E-state index contributed by atoms with van der Waals surface area (Å²) < 4.78 is 8.86. The van der Waals surface area contributed by atoms with Gasteiger partial charge in [0.25, 0.3) is 0 Å². The Morgan fingerprint density at radius 1 is 1.48 bits per heavy atom. The summed E-state index contributed by atoms with van der Waals surface area (Å²) in [7, 11) is 0. The van der Waals surface area contributed by atoms with E-state index in [-0.39, 0.29) is 6.04 Å². The maximum Gasteiger partial charge on any atom is 0.131 e. The van der Waals surface area contributed by atoms with Gasteiger partial charge in [-0.25, -0.2) is 0 Å². The highest BCUT2D eigenvalue weighted by atomic mass is 79.9. The zero-order chi connectivity index (χ0) is 15.6. The van der Waals surface area contributed by atoms with Gasteiger partial charge in [-0.1, -0.05) is 11.6 Å². The number of ether oxygens (including phenoxy) is 1. The topological polar surface area (TPSA) is 53.1 Å². The molecule has 0 radical (unpaired) electrons. The number of hydrogen-bond donors (Lipinski definition) is 1. The number of nitrogens with two attached hydrogens (primary N) is 1. The molecule has 0 fully saturated rings. The normalized spacial score (nSPS) is 12.5. The Hall–Kier alpha value is -1.04. The molecule has 21 heavy (non-hydrogen) atoms. The van der Waals surface area contributed by atoms with Crippen molar-refractivity contribution in [3.63, 3.8) is 0 Å². The molecule has 114 valence electrons. The van der Waals surface area contributed by atoms with E-state index in [0.29, 0.717) is 11.6 Å². The molecule has 1 aromatic carbocycles. The second-order valence-electron chi connectivity index (χ2n) is 4.92. The number of rotatable bonds is 5. The maximum absolute atomic E-state index is 6.02. The van der Waals surface area contributed by atoms with Crippen LogP contribution in [-0.4, -0.2) is 9.78 Å². The van der Waals surface area contributed by atoms with Crippen molar-refractivity contribution in [2.75, 3.05) is 0 Å². The molecule has 0 aliphatic carbocycles. The van der Waals surface area contributed by atoms with Crippen LogP contribution in [0.1, 0.15) is 36.8 Å². The van der Waals surface area contributed by atoms with Crippen molar-refractivity contribution in [3.05, 3.63) is 44.6 Å². The number of hydrogen-bond acceptors (Lipinski definition) is 3. The minimum Gasteiger partial charge on any atom is -0.487 e. The summed E-state index contributed by atoms with van der Waals surface area (Å²) in [5, 5.41) is 5.11. The third-order valence-electron chi connectivity index (χ3n) is 3.28. The third-order valence-corrected chi connectivity index (χ3v) is 4.55. The van der Waals surface area contributed by atoms with Crippen molar-refractivity contribution in [2.45, 2.75) is 40.0 Å². The van der Waals surface area contributed by atoms with Crippen LogP contribution in [0.15, 0.2) is 22.7 Å². The van der Waals surface area contributed by atoms with Crippen molar-refractivity contribution in [3.8, 4) is 5.75 Å². The second kappa shape index (κ2) is 6.81. The Labute approximate surface area is 138 Å². The molecular formula is C15H19BrClN3O. The average Bonchev–Trinajstić information content (AvgIpc) is 2.72. The van der Waals surface area contributed by atoms with Gasteiger partial charge >= 0.3 is 0 Å². The van der Waals surface area contributed by atoms with Crippen LogP contribution in [0, 0.1) is 6.92 Å². The van der Waals surface area contributed by atoms with Crippen molar-refractivity contribution in [1.29, 1.82) is 0 Å². The molecule has 6 heteroatoms. The zero-order valence-electron chi connectivity index (χ0n) is 12.4. The quantitative estimate of drug-likeness (QED) is 0.854. The van der Waals surface area contributed by atoms with Gasteiger partial charge in [0.15, 0.2) is 0 Å².